The van der Waals surface area contributed by atoms with Crippen LogP contribution in [0, 0.1) is 0 Å². The van der Waals surface area contributed by atoms with Gasteiger partial charge in [0.05, 0.1) is 0 Å². The number of rotatable bonds is 8. The SMILES string of the molecule is COCCCCn1ccc2ccc(CNC(C)C)cc21. The van der Waals surface area contributed by atoms with Gasteiger partial charge in [0.1, 0.15) is 0 Å². The highest BCUT2D eigenvalue weighted by Crippen LogP contribution is 2.18. The van der Waals surface area contributed by atoms with E-state index in [9.17, 15) is 0 Å². The molecule has 1 N–H and O–H groups in total. The van der Waals surface area contributed by atoms with Gasteiger partial charge in [0, 0.05) is 44.6 Å². The van der Waals surface area contributed by atoms with E-state index < -0.39 is 0 Å². The minimum atomic E-state index is 0.520. The highest BCUT2D eigenvalue weighted by molar-refractivity contribution is 5.80. The van der Waals surface area contributed by atoms with Crippen molar-refractivity contribution in [2.75, 3.05) is 13.7 Å². The van der Waals surface area contributed by atoms with Crippen LogP contribution in [-0.2, 0) is 17.8 Å². The third-order valence-corrected chi connectivity index (χ3v) is 3.55. The summed E-state index contributed by atoms with van der Waals surface area (Å²) in [7, 11) is 1.76. The smallest absolute Gasteiger partial charge is 0.0483 e. The Kier molecular flexibility index (Phi) is 5.62. The number of methoxy groups -OCH3 is 1. The van der Waals surface area contributed by atoms with Crippen molar-refractivity contribution < 1.29 is 4.74 Å². The van der Waals surface area contributed by atoms with Crippen LogP contribution in [0.3, 0.4) is 0 Å². The minimum Gasteiger partial charge on any atom is -0.385 e. The van der Waals surface area contributed by atoms with Crippen LogP contribution in [0.2, 0.25) is 0 Å². The zero-order valence-corrected chi connectivity index (χ0v) is 12.9. The van der Waals surface area contributed by atoms with Crippen LogP contribution >= 0.6 is 0 Å². The highest BCUT2D eigenvalue weighted by atomic mass is 16.5. The maximum Gasteiger partial charge on any atom is 0.0483 e. The second-order valence-corrected chi connectivity index (χ2v) is 5.64. The quantitative estimate of drug-likeness (QED) is 0.745. The molecule has 2 aromatic rings. The first kappa shape index (κ1) is 15.1. The van der Waals surface area contributed by atoms with Gasteiger partial charge >= 0.3 is 0 Å². The molecule has 0 saturated carbocycles. The summed E-state index contributed by atoms with van der Waals surface area (Å²) in [6.45, 7) is 7.20. The molecule has 2 rings (SSSR count). The molecule has 110 valence electrons. The summed E-state index contributed by atoms with van der Waals surface area (Å²) in [5, 5.41) is 4.80. The van der Waals surface area contributed by atoms with E-state index in [1.54, 1.807) is 7.11 Å². The fraction of sp³-hybridized carbons (Fsp3) is 0.529. The average molecular weight is 274 g/mol. The molecule has 0 aliphatic heterocycles. The molecule has 0 atom stereocenters. The highest BCUT2D eigenvalue weighted by Gasteiger charge is 2.03. The van der Waals surface area contributed by atoms with Crippen molar-refractivity contribution in [3.63, 3.8) is 0 Å². The van der Waals surface area contributed by atoms with Gasteiger partial charge in [-0.2, -0.15) is 0 Å². The van der Waals surface area contributed by atoms with Gasteiger partial charge in [0.25, 0.3) is 0 Å². The molecule has 1 aromatic carbocycles. The van der Waals surface area contributed by atoms with Gasteiger partial charge in [-0.15, -0.1) is 0 Å². The minimum absolute atomic E-state index is 0.520. The van der Waals surface area contributed by atoms with Crippen LogP contribution < -0.4 is 5.32 Å². The maximum atomic E-state index is 5.10. The molecular formula is C17H26N2O. The lowest BCUT2D eigenvalue weighted by Gasteiger charge is -2.10. The van der Waals surface area contributed by atoms with Gasteiger partial charge in [0.15, 0.2) is 0 Å². The van der Waals surface area contributed by atoms with E-state index in [0.717, 1.165) is 32.5 Å². The second-order valence-electron chi connectivity index (χ2n) is 5.64. The molecule has 0 aliphatic carbocycles. The van der Waals surface area contributed by atoms with Crippen molar-refractivity contribution >= 4 is 10.9 Å². The maximum absolute atomic E-state index is 5.10. The molecule has 20 heavy (non-hydrogen) atoms. The van der Waals surface area contributed by atoms with Crippen molar-refractivity contribution in [3.8, 4) is 0 Å². The van der Waals surface area contributed by atoms with E-state index in [-0.39, 0.29) is 0 Å². The van der Waals surface area contributed by atoms with E-state index in [1.165, 1.54) is 16.5 Å². The molecule has 0 saturated heterocycles. The van der Waals surface area contributed by atoms with Crippen LogP contribution in [-0.4, -0.2) is 24.3 Å². The van der Waals surface area contributed by atoms with E-state index in [4.69, 9.17) is 4.74 Å². The summed E-state index contributed by atoms with van der Waals surface area (Å²) >= 11 is 0. The number of benzene rings is 1. The lowest BCUT2D eigenvalue weighted by Crippen LogP contribution is -2.21. The summed E-state index contributed by atoms with van der Waals surface area (Å²) < 4.78 is 7.46. The Bertz CT molecular complexity index is 531. The number of nitrogens with one attached hydrogen (secondary N) is 1. The Balaban J connectivity index is 2.05. The summed E-state index contributed by atoms with van der Waals surface area (Å²) in [5.41, 5.74) is 2.69. The fourth-order valence-electron chi connectivity index (χ4n) is 2.38. The van der Waals surface area contributed by atoms with E-state index in [1.807, 2.05) is 0 Å². The second kappa shape index (κ2) is 7.46. The number of unbranched alkanes of at least 4 members (excludes halogenated alkanes) is 1. The molecule has 0 radical (unpaired) electrons. The van der Waals surface area contributed by atoms with Crippen LogP contribution in [0.25, 0.3) is 10.9 Å². The third-order valence-electron chi connectivity index (χ3n) is 3.55. The van der Waals surface area contributed by atoms with Crippen LogP contribution in [0.4, 0.5) is 0 Å². The number of nitrogens with zero attached hydrogens (tertiary/aromatic N) is 1. The molecule has 0 bridgehead atoms. The summed E-state index contributed by atoms with van der Waals surface area (Å²) in [5.74, 6) is 0. The number of hydrogen-bond acceptors (Lipinski definition) is 2. The molecular weight excluding hydrogens is 248 g/mol. The molecule has 0 fully saturated rings. The van der Waals surface area contributed by atoms with Crippen molar-refractivity contribution in [2.24, 2.45) is 0 Å². The first-order chi connectivity index (χ1) is 9.70. The number of aromatic nitrogens is 1. The zero-order chi connectivity index (χ0) is 14.4. The summed E-state index contributed by atoms with van der Waals surface area (Å²) in [6, 6.07) is 9.46. The molecule has 0 aliphatic rings. The van der Waals surface area contributed by atoms with E-state index in [2.05, 4.69) is 54.2 Å². The Hall–Kier alpha value is -1.32. The lowest BCUT2D eigenvalue weighted by molar-refractivity contribution is 0.191. The van der Waals surface area contributed by atoms with Crippen LogP contribution in [0.15, 0.2) is 30.5 Å². The Morgan fingerprint density at radius 2 is 2.05 bits per heavy atom. The topological polar surface area (TPSA) is 26.2 Å². The molecule has 3 nitrogen and oxygen atoms in total. The molecule has 1 aromatic heterocycles. The predicted octanol–water partition coefficient (Wildman–Crippen LogP) is 3.57. The summed E-state index contributed by atoms with van der Waals surface area (Å²) in [4.78, 5) is 0. The summed E-state index contributed by atoms with van der Waals surface area (Å²) in [6.07, 6.45) is 4.47. The van der Waals surface area contributed by atoms with Gasteiger partial charge < -0.3 is 14.6 Å². The Morgan fingerprint density at radius 3 is 2.80 bits per heavy atom. The van der Waals surface area contributed by atoms with E-state index in [0.29, 0.717) is 6.04 Å². The molecule has 0 amide bonds. The molecule has 0 unspecified atom stereocenters. The van der Waals surface area contributed by atoms with Gasteiger partial charge in [-0.25, -0.2) is 0 Å². The van der Waals surface area contributed by atoms with Gasteiger partial charge in [0.2, 0.25) is 0 Å². The first-order valence-corrected chi connectivity index (χ1v) is 7.51. The standard InChI is InChI=1S/C17H26N2O/c1-14(2)18-13-15-6-7-16-8-10-19(17(16)12-15)9-4-5-11-20-3/h6-8,10,12,14,18H,4-5,9,11,13H2,1-3H3. The number of fused-ring (bicyclic) bond motifs is 1. The van der Waals surface area contributed by atoms with Crippen molar-refractivity contribution in [2.45, 2.75) is 45.8 Å². The fourth-order valence-corrected chi connectivity index (χ4v) is 2.38. The number of hydrogen-bond donors (Lipinski definition) is 1. The van der Waals surface area contributed by atoms with Gasteiger partial charge in [-0.05, 0) is 35.9 Å². The Labute approximate surface area is 121 Å². The van der Waals surface area contributed by atoms with Crippen molar-refractivity contribution in [1.82, 2.24) is 9.88 Å². The lowest BCUT2D eigenvalue weighted by atomic mass is 10.1. The number of aryl methyl sites for hydroxylation is 1. The zero-order valence-electron chi connectivity index (χ0n) is 12.9. The third kappa shape index (κ3) is 4.09. The Morgan fingerprint density at radius 1 is 1.20 bits per heavy atom. The van der Waals surface area contributed by atoms with E-state index >= 15 is 0 Å². The van der Waals surface area contributed by atoms with Crippen LogP contribution in [0.5, 0.6) is 0 Å². The van der Waals surface area contributed by atoms with Crippen molar-refractivity contribution in [3.05, 3.63) is 36.0 Å². The molecule has 3 heteroatoms. The van der Waals surface area contributed by atoms with Gasteiger partial charge in [-0.3, -0.25) is 0 Å². The molecule has 0 spiro atoms. The predicted molar refractivity (Wildman–Crippen MR) is 85.0 cm³/mol. The largest absolute Gasteiger partial charge is 0.385 e. The normalized spacial score (nSPS) is 11.6. The van der Waals surface area contributed by atoms with Crippen LogP contribution in [0.1, 0.15) is 32.3 Å². The monoisotopic (exact) mass is 274 g/mol. The first-order valence-electron chi connectivity index (χ1n) is 7.51. The molecule has 1 heterocycles. The average Bonchev–Trinajstić information content (AvgIpc) is 2.84. The van der Waals surface area contributed by atoms with Crippen molar-refractivity contribution in [1.29, 1.82) is 0 Å². The van der Waals surface area contributed by atoms with Gasteiger partial charge in [-0.1, -0.05) is 26.0 Å². The number of ether oxygens (including phenoxy) is 1.